The van der Waals surface area contributed by atoms with Gasteiger partial charge in [-0.3, -0.25) is 0 Å². The van der Waals surface area contributed by atoms with Gasteiger partial charge >= 0.3 is 0 Å². The van der Waals surface area contributed by atoms with Crippen LogP contribution in [-0.2, 0) is 6.42 Å². The van der Waals surface area contributed by atoms with Gasteiger partial charge in [0, 0.05) is 10.9 Å². The molecule has 2 nitrogen and oxygen atoms in total. The molecule has 3 aromatic rings. The lowest BCUT2D eigenvalue weighted by Crippen LogP contribution is -1.94. The maximum absolute atomic E-state index is 5.52. The zero-order chi connectivity index (χ0) is 15.7. The van der Waals surface area contributed by atoms with E-state index in [2.05, 4.69) is 63.2 Å². The Labute approximate surface area is 131 Å². The zero-order valence-electron chi connectivity index (χ0n) is 13.6. The van der Waals surface area contributed by atoms with Crippen LogP contribution in [0.15, 0.2) is 42.5 Å². The van der Waals surface area contributed by atoms with E-state index in [1.165, 1.54) is 22.3 Å². The van der Waals surface area contributed by atoms with Crippen molar-refractivity contribution in [3.05, 3.63) is 59.2 Å². The molecule has 2 heteroatoms. The van der Waals surface area contributed by atoms with Crippen molar-refractivity contribution in [3.63, 3.8) is 0 Å². The summed E-state index contributed by atoms with van der Waals surface area (Å²) < 4.78 is 5.52. The summed E-state index contributed by atoms with van der Waals surface area (Å²) in [5.41, 5.74) is 7.03. The van der Waals surface area contributed by atoms with Gasteiger partial charge in [-0.15, -0.1) is 0 Å². The van der Waals surface area contributed by atoms with Gasteiger partial charge < -0.3 is 4.74 Å². The Kier molecular flexibility index (Phi) is 3.84. The zero-order valence-corrected chi connectivity index (χ0v) is 13.6. The van der Waals surface area contributed by atoms with Gasteiger partial charge in [-0.25, -0.2) is 4.98 Å². The van der Waals surface area contributed by atoms with E-state index in [1.54, 1.807) is 7.11 Å². The van der Waals surface area contributed by atoms with Crippen molar-refractivity contribution in [2.45, 2.75) is 27.2 Å². The number of benzene rings is 2. The van der Waals surface area contributed by atoms with Crippen LogP contribution in [0.25, 0.3) is 22.2 Å². The van der Waals surface area contributed by atoms with E-state index in [1.807, 2.05) is 0 Å². The molecular weight excluding hydrogens is 270 g/mol. The molecule has 0 N–H and O–H groups in total. The van der Waals surface area contributed by atoms with Crippen LogP contribution in [0, 0.1) is 13.8 Å². The van der Waals surface area contributed by atoms with E-state index in [0.29, 0.717) is 0 Å². The minimum atomic E-state index is 0.898. The SMILES string of the molecule is CCc1cc(OC)c2ccc(-c3cccc(C)c3C)nc2c1. The Morgan fingerprint density at radius 2 is 1.86 bits per heavy atom. The molecule has 0 saturated carbocycles. The Morgan fingerprint density at radius 1 is 1.05 bits per heavy atom. The van der Waals surface area contributed by atoms with Crippen LogP contribution >= 0.6 is 0 Å². The number of nitrogens with zero attached hydrogens (tertiary/aromatic N) is 1. The summed E-state index contributed by atoms with van der Waals surface area (Å²) in [6.45, 7) is 6.44. The summed E-state index contributed by atoms with van der Waals surface area (Å²) in [7, 11) is 1.72. The van der Waals surface area contributed by atoms with Crippen molar-refractivity contribution in [2.75, 3.05) is 7.11 Å². The molecule has 0 atom stereocenters. The second-order valence-corrected chi connectivity index (χ2v) is 5.66. The van der Waals surface area contributed by atoms with Gasteiger partial charge in [-0.05, 0) is 61.2 Å². The van der Waals surface area contributed by atoms with E-state index < -0.39 is 0 Å². The van der Waals surface area contributed by atoms with Gasteiger partial charge in [0.25, 0.3) is 0 Å². The monoisotopic (exact) mass is 291 g/mol. The summed E-state index contributed by atoms with van der Waals surface area (Å²) in [5, 5.41) is 1.06. The molecule has 0 aliphatic rings. The van der Waals surface area contributed by atoms with E-state index in [9.17, 15) is 0 Å². The van der Waals surface area contributed by atoms with Crippen molar-refractivity contribution in [2.24, 2.45) is 0 Å². The average Bonchev–Trinajstić information content (AvgIpc) is 2.55. The number of aromatic nitrogens is 1. The lowest BCUT2D eigenvalue weighted by Gasteiger charge is -2.11. The first-order valence-corrected chi connectivity index (χ1v) is 7.68. The second-order valence-electron chi connectivity index (χ2n) is 5.66. The van der Waals surface area contributed by atoms with Crippen LogP contribution in [0.3, 0.4) is 0 Å². The van der Waals surface area contributed by atoms with Crippen LogP contribution in [-0.4, -0.2) is 12.1 Å². The highest BCUT2D eigenvalue weighted by Gasteiger charge is 2.09. The Bertz CT molecular complexity index is 836. The van der Waals surface area contributed by atoms with Gasteiger partial charge in [0.1, 0.15) is 5.75 Å². The molecule has 0 fully saturated rings. The van der Waals surface area contributed by atoms with Gasteiger partial charge in [0.2, 0.25) is 0 Å². The number of pyridine rings is 1. The molecule has 0 saturated heterocycles. The summed E-state index contributed by atoms with van der Waals surface area (Å²) >= 11 is 0. The first kappa shape index (κ1) is 14.6. The van der Waals surface area contributed by atoms with Crippen molar-refractivity contribution < 1.29 is 4.74 Å². The first-order chi connectivity index (χ1) is 10.6. The minimum Gasteiger partial charge on any atom is -0.496 e. The normalized spacial score (nSPS) is 10.9. The van der Waals surface area contributed by atoms with Crippen molar-refractivity contribution in [1.82, 2.24) is 4.98 Å². The topological polar surface area (TPSA) is 22.1 Å². The molecule has 22 heavy (non-hydrogen) atoms. The van der Waals surface area contributed by atoms with Crippen molar-refractivity contribution >= 4 is 10.9 Å². The maximum atomic E-state index is 5.52. The summed E-state index contributed by atoms with van der Waals surface area (Å²) in [4.78, 5) is 4.88. The highest BCUT2D eigenvalue weighted by Crippen LogP contribution is 2.30. The van der Waals surface area contributed by atoms with E-state index in [0.717, 1.165) is 28.8 Å². The summed E-state index contributed by atoms with van der Waals surface area (Å²) in [6, 6.07) is 14.8. The fourth-order valence-electron chi connectivity index (χ4n) is 2.81. The van der Waals surface area contributed by atoms with Gasteiger partial charge in [0.15, 0.2) is 0 Å². The smallest absolute Gasteiger partial charge is 0.128 e. The van der Waals surface area contributed by atoms with Gasteiger partial charge in [-0.2, -0.15) is 0 Å². The lowest BCUT2D eigenvalue weighted by molar-refractivity contribution is 0.419. The maximum Gasteiger partial charge on any atom is 0.128 e. The van der Waals surface area contributed by atoms with Gasteiger partial charge in [0.05, 0.1) is 18.3 Å². The fraction of sp³-hybridized carbons (Fsp3) is 0.250. The molecule has 112 valence electrons. The number of ether oxygens (including phenoxy) is 1. The highest BCUT2D eigenvalue weighted by molar-refractivity contribution is 5.88. The molecule has 0 amide bonds. The molecule has 0 radical (unpaired) electrons. The van der Waals surface area contributed by atoms with Crippen LogP contribution in [0.5, 0.6) is 5.75 Å². The highest BCUT2D eigenvalue weighted by atomic mass is 16.5. The van der Waals surface area contributed by atoms with Crippen LogP contribution in [0.2, 0.25) is 0 Å². The van der Waals surface area contributed by atoms with Crippen molar-refractivity contribution in [1.29, 1.82) is 0 Å². The quantitative estimate of drug-likeness (QED) is 0.670. The molecule has 0 unspecified atom stereocenters. The molecule has 1 aromatic heterocycles. The third-order valence-corrected chi connectivity index (χ3v) is 4.34. The van der Waals surface area contributed by atoms with Crippen LogP contribution in [0.4, 0.5) is 0 Å². The fourth-order valence-corrected chi connectivity index (χ4v) is 2.81. The molecular formula is C20H21NO. The molecule has 3 rings (SSSR count). The number of aryl methyl sites for hydroxylation is 2. The minimum absolute atomic E-state index is 0.898. The predicted molar refractivity (Wildman–Crippen MR) is 92.6 cm³/mol. The Balaban J connectivity index is 2.23. The number of hydrogen-bond acceptors (Lipinski definition) is 2. The first-order valence-electron chi connectivity index (χ1n) is 7.68. The molecule has 2 aromatic carbocycles. The Hall–Kier alpha value is -2.35. The second kappa shape index (κ2) is 5.80. The molecule has 1 heterocycles. The Morgan fingerprint density at radius 3 is 2.59 bits per heavy atom. The molecule has 0 spiro atoms. The standard InChI is InChI=1S/C20H21NO/c1-5-15-11-19-17(20(12-15)22-4)9-10-18(21-19)16-8-6-7-13(2)14(16)3/h6-12H,5H2,1-4H3. The van der Waals surface area contributed by atoms with Crippen LogP contribution in [0.1, 0.15) is 23.6 Å². The largest absolute Gasteiger partial charge is 0.496 e. The van der Waals surface area contributed by atoms with E-state index in [-0.39, 0.29) is 0 Å². The molecule has 0 bridgehead atoms. The summed E-state index contributed by atoms with van der Waals surface area (Å²) in [5.74, 6) is 0.898. The summed E-state index contributed by atoms with van der Waals surface area (Å²) in [6.07, 6.45) is 0.974. The number of methoxy groups -OCH3 is 1. The molecule has 0 aliphatic heterocycles. The number of rotatable bonds is 3. The third-order valence-electron chi connectivity index (χ3n) is 4.34. The van der Waals surface area contributed by atoms with Crippen LogP contribution < -0.4 is 4.74 Å². The predicted octanol–water partition coefficient (Wildman–Crippen LogP) is 5.09. The van der Waals surface area contributed by atoms with E-state index in [4.69, 9.17) is 9.72 Å². The van der Waals surface area contributed by atoms with E-state index >= 15 is 0 Å². The van der Waals surface area contributed by atoms with Crippen molar-refractivity contribution in [3.8, 4) is 17.0 Å². The lowest BCUT2D eigenvalue weighted by atomic mass is 9.99. The number of hydrogen-bond donors (Lipinski definition) is 0. The van der Waals surface area contributed by atoms with Gasteiger partial charge in [-0.1, -0.05) is 25.1 Å². The number of fused-ring (bicyclic) bond motifs is 1. The molecule has 0 aliphatic carbocycles. The third kappa shape index (κ3) is 2.45. The average molecular weight is 291 g/mol.